The molecule has 1 aliphatic heterocycles. The lowest BCUT2D eigenvalue weighted by Gasteiger charge is -2.38. The zero-order chi connectivity index (χ0) is 16.2. The Hall–Kier alpha value is -1.69. The van der Waals surface area contributed by atoms with Gasteiger partial charge in [0, 0.05) is 13.0 Å². The quantitative estimate of drug-likeness (QED) is 0.876. The number of aromatic nitrogens is 2. The van der Waals surface area contributed by atoms with Crippen molar-refractivity contribution in [1.29, 1.82) is 0 Å². The van der Waals surface area contributed by atoms with E-state index < -0.39 is 5.54 Å². The second-order valence-corrected chi connectivity index (χ2v) is 6.41. The van der Waals surface area contributed by atoms with Crippen molar-refractivity contribution >= 4 is 11.7 Å². The summed E-state index contributed by atoms with van der Waals surface area (Å²) in [6, 6.07) is -0.181. The van der Waals surface area contributed by atoms with Gasteiger partial charge in [-0.15, -0.1) is 0 Å². The Morgan fingerprint density at radius 2 is 2.14 bits per heavy atom. The number of urea groups is 1. The third-order valence-electron chi connectivity index (χ3n) is 4.20. The van der Waals surface area contributed by atoms with Crippen LogP contribution in [0.4, 0.5) is 10.5 Å². The number of rotatable bonds is 5. The number of amides is 2. The average Bonchev–Trinajstić information content (AvgIpc) is 2.91. The summed E-state index contributed by atoms with van der Waals surface area (Å²) in [5.41, 5.74) is 0.146. The summed E-state index contributed by atoms with van der Waals surface area (Å²) < 4.78 is 0. The second kappa shape index (κ2) is 7.05. The summed E-state index contributed by atoms with van der Waals surface area (Å²) in [5.74, 6) is 1.18. The van der Waals surface area contributed by atoms with Crippen LogP contribution in [0.2, 0.25) is 0 Å². The average molecular weight is 306 g/mol. The van der Waals surface area contributed by atoms with Crippen LogP contribution in [0.1, 0.15) is 45.9 Å². The van der Waals surface area contributed by atoms with Gasteiger partial charge >= 0.3 is 6.03 Å². The monoisotopic (exact) mass is 306 g/mol. The zero-order valence-electron chi connectivity index (χ0n) is 13.7. The Labute approximate surface area is 132 Å². The molecule has 0 saturated carbocycles. The Bertz CT molecular complexity index is 503. The van der Waals surface area contributed by atoms with Crippen LogP contribution in [0.15, 0.2) is 12.4 Å². The number of carbonyl (C=O) groups is 1. The smallest absolute Gasteiger partial charge is 0.322 e. The minimum Gasteiger partial charge on any atom is -0.394 e. The third kappa shape index (κ3) is 3.55. The van der Waals surface area contributed by atoms with E-state index in [1.807, 2.05) is 6.92 Å². The van der Waals surface area contributed by atoms with E-state index in [9.17, 15) is 9.90 Å². The summed E-state index contributed by atoms with van der Waals surface area (Å²) >= 11 is 0. The number of nitrogens with one attached hydrogen (secondary N) is 1. The molecule has 1 aromatic heterocycles. The van der Waals surface area contributed by atoms with Gasteiger partial charge in [0.25, 0.3) is 0 Å². The first-order chi connectivity index (χ1) is 10.5. The molecular formula is C16H26N4O2. The molecule has 0 bridgehead atoms. The Kier molecular flexibility index (Phi) is 5.34. The predicted molar refractivity (Wildman–Crippen MR) is 85.6 cm³/mol. The van der Waals surface area contributed by atoms with Crippen LogP contribution in [-0.4, -0.2) is 44.7 Å². The molecule has 22 heavy (non-hydrogen) atoms. The molecule has 2 N–H and O–H groups in total. The number of hydrogen-bond acceptors (Lipinski definition) is 4. The highest BCUT2D eigenvalue weighted by Gasteiger charge is 2.43. The molecule has 0 unspecified atom stereocenters. The van der Waals surface area contributed by atoms with Crippen LogP contribution < -0.4 is 5.32 Å². The van der Waals surface area contributed by atoms with Crippen molar-refractivity contribution in [2.24, 2.45) is 5.92 Å². The van der Waals surface area contributed by atoms with E-state index in [1.165, 1.54) is 0 Å². The number of hydrogen-bond donors (Lipinski definition) is 2. The minimum absolute atomic E-state index is 0.00384. The summed E-state index contributed by atoms with van der Waals surface area (Å²) in [4.78, 5) is 22.7. The molecule has 1 atom stereocenters. The molecule has 6 heteroatoms. The van der Waals surface area contributed by atoms with Gasteiger partial charge in [-0.05, 0) is 25.2 Å². The maximum Gasteiger partial charge on any atom is 0.322 e. The van der Waals surface area contributed by atoms with E-state index in [1.54, 1.807) is 17.3 Å². The number of likely N-dealkylation sites (tertiary alicyclic amines) is 1. The van der Waals surface area contributed by atoms with Crippen LogP contribution in [0.25, 0.3) is 0 Å². The van der Waals surface area contributed by atoms with Crippen molar-refractivity contribution in [2.45, 2.75) is 52.0 Å². The van der Waals surface area contributed by atoms with Crippen molar-refractivity contribution in [3.8, 4) is 0 Å². The zero-order valence-corrected chi connectivity index (χ0v) is 13.7. The molecule has 1 aliphatic rings. The first-order valence-electron chi connectivity index (χ1n) is 8.01. The van der Waals surface area contributed by atoms with Crippen LogP contribution in [0.3, 0.4) is 0 Å². The Morgan fingerprint density at radius 1 is 1.45 bits per heavy atom. The fourth-order valence-corrected chi connectivity index (χ4v) is 3.25. The highest BCUT2D eigenvalue weighted by atomic mass is 16.3. The van der Waals surface area contributed by atoms with Gasteiger partial charge in [-0.2, -0.15) is 0 Å². The Morgan fingerprint density at radius 3 is 2.68 bits per heavy atom. The molecule has 122 valence electrons. The highest BCUT2D eigenvalue weighted by Crippen LogP contribution is 2.35. The van der Waals surface area contributed by atoms with Gasteiger partial charge < -0.3 is 15.3 Å². The van der Waals surface area contributed by atoms with E-state index in [0.717, 1.165) is 31.5 Å². The van der Waals surface area contributed by atoms with Gasteiger partial charge in [-0.1, -0.05) is 20.8 Å². The van der Waals surface area contributed by atoms with E-state index in [-0.39, 0.29) is 12.6 Å². The van der Waals surface area contributed by atoms with Gasteiger partial charge in [0.1, 0.15) is 5.82 Å². The van der Waals surface area contributed by atoms with Crippen molar-refractivity contribution in [3.63, 3.8) is 0 Å². The van der Waals surface area contributed by atoms with Gasteiger partial charge in [0.2, 0.25) is 0 Å². The van der Waals surface area contributed by atoms with Gasteiger partial charge in [0.15, 0.2) is 0 Å². The normalized spacial score (nSPS) is 21.4. The number of nitrogens with zero attached hydrogens (tertiary/aromatic N) is 3. The SMILES string of the molecule is CCc1ncc(NC(=O)N2CCC[C@@]2(CO)CC(C)C)cn1. The molecule has 0 aromatic carbocycles. The van der Waals surface area contributed by atoms with Crippen molar-refractivity contribution in [3.05, 3.63) is 18.2 Å². The molecule has 0 spiro atoms. The summed E-state index contributed by atoms with van der Waals surface area (Å²) in [5, 5.41) is 12.7. The maximum absolute atomic E-state index is 12.6. The predicted octanol–water partition coefficient (Wildman–Crippen LogP) is 2.44. The van der Waals surface area contributed by atoms with Crippen molar-refractivity contribution < 1.29 is 9.90 Å². The van der Waals surface area contributed by atoms with E-state index in [4.69, 9.17) is 0 Å². The van der Waals surface area contributed by atoms with Crippen molar-refractivity contribution in [2.75, 3.05) is 18.5 Å². The first kappa shape index (κ1) is 16.7. The molecule has 2 rings (SSSR count). The first-order valence-corrected chi connectivity index (χ1v) is 8.01. The van der Waals surface area contributed by atoms with E-state index in [0.29, 0.717) is 18.2 Å². The third-order valence-corrected chi connectivity index (χ3v) is 4.20. The standard InChI is InChI=1S/C16H26N4O2/c1-4-14-17-9-13(10-18-14)19-15(22)20-7-5-6-16(20,11-21)8-12(2)3/h9-10,12,21H,4-8,11H2,1-3H3,(H,19,22)/t16-/m0/s1. The van der Waals surface area contributed by atoms with Crippen LogP contribution >= 0.6 is 0 Å². The number of aryl methyl sites for hydroxylation is 1. The molecule has 1 saturated heterocycles. The number of aliphatic hydroxyl groups is 1. The molecule has 0 aliphatic carbocycles. The molecule has 6 nitrogen and oxygen atoms in total. The fourth-order valence-electron chi connectivity index (χ4n) is 3.25. The molecular weight excluding hydrogens is 280 g/mol. The highest BCUT2D eigenvalue weighted by molar-refractivity contribution is 5.89. The lowest BCUT2D eigenvalue weighted by molar-refractivity contribution is 0.0728. The van der Waals surface area contributed by atoms with Gasteiger partial charge in [0.05, 0.1) is 30.2 Å². The molecule has 2 heterocycles. The van der Waals surface area contributed by atoms with E-state index in [2.05, 4.69) is 29.1 Å². The Balaban J connectivity index is 2.09. The minimum atomic E-state index is -0.442. The lowest BCUT2D eigenvalue weighted by Crippen LogP contribution is -2.52. The van der Waals surface area contributed by atoms with Crippen LogP contribution in [0.5, 0.6) is 0 Å². The molecule has 0 radical (unpaired) electrons. The summed E-state index contributed by atoms with van der Waals surface area (Å²) in [6.07, 6.45) is 6.60. The molecule has 1 aromatic rings. The van der Waals surface area contributed by atoms with Crippen molar-refractivity contribution in [1.82, 2.24) is 14.9 Å². The van der Waals surface area contributed by atoms with Gasteiger partial charge in [-0.25, -0.2) is 14.8 Å². The maximum atomic E-state index is 12.6. The molecule has 1 fully saturated rings. The summed E-state index contributed by atoms with van der Waals surface area (Å²) in [7, 11) is 0. The lowest BCUT2D eigenvalue weighted by atomic mass is 9.87. The largest absolute Gasteiger partial charge is 0.394 e. The van der Waals surface area contributed by atoms with Crippen LogP contribution in [-0.2, 0) is 6.42 Å². The number of carbonyl (C=O) groups excluding carboxylic acids is 1. The topological polar surface area (TPSA) is 78.4 Å². The van der Waals surface area contributed by atoms with Gasteiger partial charge in [-0.3, -0.25) is 0 Å². The number of anilines is 1. The molecule has 2 amide bonds. The second-order valence-electron chi connectivity index (χ2n) is 6.41. The van der Waals surface area contributed by atoms with E-state index >= 15 is 0 Å². The number of aliphatic hydroxyl groups excluding tert-OH is 1. The fraction of sp³-hybridized carbons (Fsp3) is 0.688. The summed E-state index contributed by atoms with van der Waals surface area (Å²) in [6.45, 7) is 6.89. The van der Waals surface area contributed by atoms with Crippen LogP contribution in [0, 0.1) is 5.92 Å².